The molecule has 1 N–H and O–H groups in total. The monoisotopic (exact) mass is 498 g/mol. The Morgan fingerprint density at radius 3 is 2.53 bits per heavy atom. The largest absolute Gasteiger partial charge is 0.481 e. The summed E-state index contributed by atoms with van der Waals surface area (Å²) in [6.45, 7) is 4.52. The van der Waals surface area contributed by atoms with E-state index in [-0.39, 0.29) is 30.8 Å². The SMILES string of the molecule is C[C@@H](c1ccc(Cl)cc1)N(CCCC(=O)O)C(=O)[C@@]1(C)CCN1C(=O)c1csc2ccccc12. The first-order chi connectivity index (χ1) is 16.2. The number of halogens is 1. The number of carboxylic acids is 1. The maximum Gasteiger partial charge on any atom is 0.303 e. The van der Waals surface area contributed by atoms with E-state index in [2.05, 4.69) is 0 Å². The molecule has 0 bridgehead atoms. The fourth-order valence-corrected chi connectivity index (χ4v) is 5.56. The summed E-state index contributed by atoms with van der Waals surface area (Å²) in [5, 5.41) is 12.5. The molecule has 1 aliphatic heterocycles. The maximum absolute atomic E-state index is 13.9. The van der Waals surface area contributed by atoms with Crippen molar-refractivity contribution in [1.29, 1.82) is 0 Å². The van der Waals surface area contributed by atoms with E-state index in [1.807, 2.05) is 55.6 Å². The maximum atomic E-state index is 13.9. The second-order valence-electron chi connectivity index (χ2n) is 8.85. The van der Waals surface area contributed by atoms with Gasteiger partial charge < -0.3 is 14.9 Å². The van der Waals surface area contributed by atoms with Gasteiger partial charge in [-0.2, -0.15) is 0 Å². The molecule has 2 atom stereocenters. The second-order valence-corrected chi connectivity index (χ2v) is 10.2. The summed E-state index contributed by atoms with van der Waals surface area (Å²) in [5.41, 5.74) is 0.532. The Bertz CT molecular complexity index is 1230. The number of fused-ring (bicyclic) bond motifs is 1. The normalized spacial score (nSPS) is 18.4. The second kappa shape index (κ2) is 9.76. The number of benzene rings is 2. The van der Waals surface area contributed by atoms with E-state index >= 15 is 0 Å². The van der Waals surface area contributed by atoms with Crippen molar-refractivity contribution in [2.24, 2.45) is 0 Å². The summed E-state index contributed by atoms with van der Waals surface area (Å²) in [6.07, 6.45) is 0.859. The molecule has 3 aromatic rings. The summed E-state index contributed by atoms with van der Waals surface area (Å²) in [4.78, 5) is 41.9. The first kappa shape index (κ1) is 24.2. The lowest BCUT2D eigenvalue weighted by Crippen LogP contribution is -2.68. The van der Waals surface area contributed by atoms with Crippen molar-refractivity contribution in [3.63, 3.8) is 0 Å². The highest BCUT2D eigenvalue weighted by molar-refractivity contribution is 7.17. The molecule has 2 aromatic carbocycles. The van der Waals surface area contributed by atoms with Crippen LogP contribution in [0.15, 0.2) is 53.9 Å². The number of carbonyl (C=O) groups excluding carboxylic acids is 2. The minimum Gasteiger partial charge on any atom is -0.481 e. The van der Waals surface area contributed by atoms with Gasteiger partial charge in [-0.3, -0.25) is 14.4 Å². The Labute approximate surface area is 207 Å². The van der Waals surface area contributed by atoms with E-state index in [1.54, 1.807) is 21.9 Å². The van der Waals surface area contributed by atoms with Gasteiger partial charge in [-0.05, 0) is 50.5 Å². The fourth-order valence-electron chi connectivity index (χ4n) is 4.50. The van der Waals surface area contributed by atoms with Crippen LogP contribution < -0.4 is 0 Å². The van der Waals surface area contributed by atoms with Crippen molar-refractivity contribution >= 4 is 50.8 Å². The number of carbonyl (C=O) groups is 3. The Kier molecular flexibility index (Phi) is 6.96. The van der Waals surface area contributed by atoms with Crippen molar-refractivity contribution < 1.29 is 19.5 Å². The number of hydrogen-bond acceptors (Lipinski definition) is 4. The molecule has 0 radical (unpaired) electrons. The van der Waals surface area contributed by atoms with Crippen molar-refractivity contribution in [1.82, 2.24) is 9.80 Å². The number of likely N-dealkylation sites (tertiary alicyclic amines) is 1. The zero-order valence-corrected chi connectivity index (χ0v) is 20.7. The van der Waals surface area contributed by atoms with Gasteiger partial charge in [-0.15, -0.1) is 11.3 Å². The van der Waals surface area contributed by atoms with Gasteiger partial charge in [-0.25, -0.2) is 0 Å². The third-order valence-electron chi connectivity index (χ3n) is 6.71. The van der Waals surface area contributed by atoms with E-state index in [1.165, 1.54) is 11.3 Å². The average Bonchev–Trinajstić information content (AvgIpc) is 3.24. The standard InChI is InChI=1S/C26H27ClN2O4S/c1-17(18-9-11-19(27)12-10-18)28(14-5-8-23(30)31)25(33)26(2)13-15-29(26)24(32)21-16-34-22-7-4-3-6-20(21)22/h3-4,6-7,9-12,16-17H,5,8,13-15H2,1-2H3,(H,30,31)/t17-,26+/m0/s1. The molecule has 0 saturated carbocycles. The molecule has 8 heteroatoms. The van der Waals surface area contributed by atoms with Gasteiger partial charge in [0.1, 0.15) is 5.54 Å². The predicted octanol–water partition coefficient (Wildman–Crippen LogP) is 5.61. The van der Waals surface area contributed by atoms with Gasteiger partial charge in [0.2, 0.25) is 5.91 Å². The van der Waals surface area contributed by atoms with Crippen LogP contribution in [0.2, 0.25) is 5.02 Å². The number of aliphatic carboxylic acids is 1. The highest BCUT2D eigenvalue weighted by Crippen LogP contribution is 2.38. The molecule has 178 valence electrons. The van der Waals surface area contributed by atoms with E-state index in [9.17, 15) is 14.4 Å². The number of carboxylic acid groups (broad SMARTS) is 1. The molecule has 4 rings (SSSR count). The van der Waals surface area contributed by atoms with Gasteiger partial charge in [-0.1, -0.05) is 41.9 Å². The smallest absolute Gasteiger partial charge is 0.303 e. The molecule has 0 aliphatic carbocycles. The Hall–Kier alpha value is -2.90. The molecule has 1 fully saturated rings. The van der Waals surface area contributed by atoms with Crippen molar-refractivity contribution in [2.75, 3.05) is 13.1 Å². The van der Waals surface area contributed by atoms with Crippen LogP contribution in [0.1, 0.15) is 55.1 Å². The summed E-state index contributed by atoms with van der Waals surface area (Å²) >= 11 is 7.55. The van der Waals surface area contributed by atoms with Crippen LogP contribution in [0.5, 0.6) is 0 Å². The Balaban J connectivity index is 1.60. The van der Waals surface area contributed by atoms with Crippen LogP contribution in [-0.4, -0.2) is 51.3 Å². The van der Waals surface area contributed by atoms with Crippen LogP contribution >= 0.6 is 22.9 Å². The minimum atomic E-state index is -0.982. The van der Waals surface area contributed by atoms with Gasteiger partial charge >= 0.3 is 5.97 Å². The quantitative estimate of drug-likeness (QED) is 0.437. The zero-order valence-electron chi connectivity index (χ0n) is 19.2. The molecule has 6 nitrogen and oxygen atoms in total. The highest BCUT2D eigenvalue weighted by atomic mass is 35.5. The Morgan fingerprint density at radius 2 is 1.88 bits per heavy atom. The minimum absolute atomic E-state index is 0.0304. The summed E-state index contributed by atoms with van der Waals surface area (Å²) < 4.78 is 1.03. The average molecular weight is 499 g/mol. The van der Waals surface area contributed by atoms with Gasteiger partial charge in [0.25, 0.3) is 5.91 Å². The molecule has 1 aromatic heterocycles. The van der Waals surface area contributed by atoms with E-state index < -0.39 is 11.5 Å². The van der Waals surface area contributed by atoms with Gasteiger partial charge in [0.05, 0.1) is 11.6 Å². The lowest BCUT2D eigenvalue weighted by Gasteiger charge is -2.51. The molecule has 34 heavy (non-hydrogen) atoms. The van der Waals surface area contributed by atoms with Crippen molar-refractivity contribution in [3.8, 4) is 0 Å². The van der Waals surface area contributed by atoms with Crippen molar-refractivity contribution in [3.05, 3.63) is 70.1 Å². The molecule has 0 spiro atoms. The Morgan fingerprint density at radius 1 is 1.18 bits per heavy atom. The molecule has 1 saturated heterocycles. The van der Waals surface area contributed by atoms with Crippen LogP contribution in [0.3, 0.4) is 0 Å². The number of thiophene rings is 1. The number of rotatable bonds is 8. The van der Waals surface area contributed by atoms with Crippen LogP contribution in [0, 0.1) is 0 Å². The predicted molar refractivity (Wildman–Crippen MR) is 134 cm³/mol. The first-order valence-corrected chi connectivity index (χ1v) is 12.5. The molecule has 2 amide bonds. The van der Waals surface area contributed by atoms with E-state index in [0.29, 0.717) is 30.0 Å². The van der Waals surface area contributed by atoms with Gasteiger partial charge in [0.15, 0.2) is 0 Å². The number of hydrogen-bond donors (Lipinski definition) is 1. The molecule has 2 heterocycles. The third kappa shape index (κ3) is 4.55. The highest BCUT2D eigenvalue weighted by Gasteiger charge is 2.52. The molecule has 1 aliphatic rings. The molecular weight excluding hydrogens is 472 g/mol. The number of amides is 2. The van der Waals surface area contributed by atoms with Crippen LogP contribution in [0.4, 0.5) is 0 Å². The van der Waals surface area contributed by atoms with Crippen LogP contribution in [0.25, 0.3) is 10.1 Å². The fraction of sp³-hybridized carbons (Fsp3) is 0.346. The van der Waals surface area contributed by atoms with E-state index in [4.69, 9.17) is 16.7 Å². The number of nitrogens with zero attached hydrogens (tertiary/aromatic N) is 2. The third-order valence-corrected chi connectivity index (χ3v) is 7.92. The molecular formula is C26H27ClN2O4S. The summed E-state index contributed by atoms with van der Waals surface area (Å²) in [5.74, 6) is -1.22. The summed E-state index contributed by atoms with van der Waals surface area (Å²) in [6, 6.07) is 14.7. The topological polar surface area (TPSA) is 77.9 Å². The van der Waals surface area contributed by atoms with Gasteiger partial charge in [0, 0.05) is 40.0 Å². The first-order valence-electron chi connectivity index (χ1n) is 11.3. The van der Waals surface area contributed by atoms with Crippen molar-refractivity contribution in [2.45, 2.75) is 44.7 Å². The summed E-state index contributed by atoms with van der Waals surface area (Å²) in [7, 11) is 0. The van der Waals surface area contributed by atoms with E-state index in [0.717, 1.165) is 15.6 Å². The zero-order chi connectivity index (χ0) is 24.5. The van der Waals surface area contributed by atoms with Crippen LogP contribution in [-0.2, 0) is 9.59 Å². The molecule has 0 unspecified atom stereocenters. The lowest BCUT2D eigenvalue weighted by atomic mass is 9.83. The lowest BCUT2D eigenvalue weighted by molar-refractivity contribution is -0.152.